The van der Waals surface area contributed by atoms with Crippen molar-refractivity contribution in [2.45, 2.75) is 6.92 Å². The van der Waals surface area contributed by atoms with Gasteiger partial charge in [-0.05, 0) is 35.0 Å². The normalized spacial score (nSPS) is 13.4. The van der Waals surface area contributed by atoms with E-state index in [9.17, 15) is 0 Å². The maximum atomic E-state index is 5.43. The van der Waals surface area contributed by atoms with Crippen LogP contribution in [0.15, 0.2) is 35.6 Å². The largest absolute Gasteiger partial charge is 0.494 e. The molecule has 17 heavy (non-hydrogen) atoms. The van der Waals surface area contributed by atoms with E-state index >= 15 is 0 Å². The zero-order valence-electron chi connectivity index (χ0n) is 10.0. The van der Waals surface area contributed by atoms with E-state index in [1.807, 2.05) is 31.0 Å². The number of nitrogens with one attached hydrogen (secondary N) is 1. The monoisotopic (exact) mass is 294 g/mol. The Hall–Kier alpha value is -1.42. The predicted molar refractivity (Wildman–Crippen MR) is 76.0 cm³/mol. The molecule has 0 saturated heterocycles. The molecule has 0 unspecified atom stereocenters. The molecule has 1 heterocycles. The Morgan fingerprint density at radius 3 is 2.88 bits per heavy atom. The number of benzene rings is 1. The fourth-order valence-corrected chi connectivity index (χ4v) is 2.34. The molecule has 0 saturated carbocycles. The molecule has 0 spiro atoms. The Balaban J connectivity index is 2.43. The molecule has 1 aliphatic rings. The third-order valence-electron chi connectivity index (χ3n) is 2.75. The van der Waals surface area contributed by atoms with Gasteiger partial charge in [-0.25, -0.2) is 0 Å². The topological polar surface area (TPSA) is 24.5 Å². The molecule has 1 aromatic rings. The lowest BCUT2D eigenvalue weighted by Crippen LogP contribution is -2.12. The van der Waals surface area contributed by atoms with Crippen molar-refractivity contribution in [3.05, 3.63) is 41.1 Å². The third-order valence-corrected chi connectivity index (χ3v) is 3.41. The van der Waals surface area contributed by atoms with Gasteiger partial charge < -0.3 is 15.0 Å². The smallest absolute Gasteiger partial charge is 0.120 e. The van der Waals surface area contributed by atoms with Crippen LogP contribution in [-0.2, 0) is 4.74 Å². The summed E-state index contributed by atoms with van der Waals surface area (Å²) in [5, 5.41) is 3.23. The van der Waals surface area contributed by atoms with Crippen LogP contribution in [0.4, 0.5) is 11.4 Å². The molecule has 1 aliphatic heterocycles. The molecule has 1 aromatic carbocycles. The second kappa shape index (κ2) is 4.45. The highest BCUT2D eigenvalue weighted by Gasteiger charge is 2.21. The highest BCUT2D eigenvalue weighted by Crippen LogP contribution is 2.40. The minimum Gasteiger partial charge on any atom is -0.494 e. The number of nitrogens with zero attached hydrogens (tertiary/aromatic N) is 1. The molecule has 90 valence electrons. The van der Waals surface area contributed by atoms with Gasteiger partial charge in [0, 0.05) is 17.1 Å². The second-order valence-electron chi connectivity index (χ2n) is 3.84. The summed E-state index contributed by atoms with van der Waals surface area (Å²) in [6.07, 6.45) is 0. The Bertz CT molecular complexity index is 496. The zero-order chi connectivity index (χ0) is 12.6. The van der Waals surface area contributed by atoms with E-state index in [4.69, 9.17) is 4.74 Å². The average Bonchev–Trinajstić information content (AvgIpc) is 2.55. The molecular formula is C13H15BrN2O. The molecule has 0 aliphatic carbocycles. The van der Waals surface area contributed by atoms with Gasteiger partial charge in [0.15, 0.2) is 0 Å². The van der Waals surface area contributed by atoms with Crippen LogP contribution in [0, 0.1) is 0 Å². The summed E-state index contributed by atoms with van der Waals surface area (Å²) >= 11 is 3.54. The van der Waals surface area contributed by atoms with Crippen LogP contribution in [-0.4, -0.2) is 13.7 Å². The van der Waals surface area contributed by atoms with Gasteiger partial charge in [0.2, 0.25) is 0 Å². The first-order valence-electron chi connectivity index (χ1n) is 5.40. The molecule has 0 amide bonds. The summed E-state index contributed by atoms with van der Waals surface area (Å²) in [5.74, 6) is 1.54. The lowest BCUT2D eigenvalue weighted by molar-refractivity contribution is 0.299. The van der Waals surface area contributed by atoms with Gasteiger partial charge in [-0.15, -0.1) is 0 Å². The molecule has 3 nitrogen and oxygen atoms in total. The molecule has 1 N–H and O–H groups in total. The van der Waals surface area contributed by atoms with E-state index in [0.29, 0.717) is 12.4 Å². The van der Waals surface area contributed by atoms with Gasteiger partial charge in [0.05, 0.1) is 18.0 Å². The predicted octanol–water partition coefficient (Wildman–Crippen LogP) is 3.79. The second-order valence-corrected chi connectivity index (χ2v) is 4.69. The maximum Gasteiger partial charge on any atom is 0.120 e. The first-order valence-corrected chi connectivity index (χ1v) is 6.19. The summed E-state index contributed by atoms with van der Waals surface area (Å²) in [5.41, 5.74) is 3.08. The molecular weight excluding hydrogens is 280 g/mol. The highest BCUT2D eigenvalue weighted by atomic mass is 79.9. The average molecular weight is 295 g/mol. The van der Waals surface area contributed by atoms with Crippen molar-refractivity contribution in [1.29, 1.82) is 0 Å². The van der Waals surface area contributed by atoms with Crippen LogP contribution in [0.5, 0.6) is 0 Å². The molecule has 0 aromatic heterocycles. The van der Waals surface area contributed by atoms with Gasteiger partial charge in [-0.1, -0.05) is 13.2 Å². The van der Waals surface area contributed by atoms with Crippen LogP contribution in [0.2, 0.25) is 0 Å². The summed E-state index contributed by atoms with van der Waals surface area (Å²) < 4.78 is 6.40. The Kier molecular flexibility index (Phi) is 3.15. The number of hydrogen-bond acceptors (Lipinski definition) is 3. The van der Waals surface area contributed by atoms with Crippen molar-refractivity contribution in [1.82, 2.24) is 0 Å². The van der Waals surface area contributed by atoms with Gasteiger partial charge >= 0.3 is 0 Å². The third kappa shape index (κ3) is 2.05. The van der Waals surface area contributed by atoms with Gasteiger partial charge in [0.1, 0.15) is 11.6 Å². The minimum atomic E-state index is 0.613. The zero-order valence-corrected chi connectivity index (χ0v) is 11.6. The molecule has 4 heteroatoms. The van der Waals surface area contributed by atoms with E-state index in [1.54, 1.807) is 0 Å². The number of fused-ring (bicyclic) bond motifs is 1. The molecule has 0 radical (unpaired) electrons. The maximum absolute atomic E-state index is 5.43. The van der Waals surface area contributed by atoms with Crippen molar-refractivity contribution in [2.75, 3.05) is 23.9 Å². The van der Waals surface area contributed by atoms with Gasteiger partial charge in [0.25, 0.3) is 0 Å². The number of rotatable bonds is 3. The number of hydrogen-bond donors (Lipinski definition) is 1. The SMILES string of the molecule is C=C(OCC)c1cc2c(cc1Br)N(C)C(=C)N2. The van der Waals surface area contributed by atoms with Crippen LogP contribution in [0.3, 0.4) is 0 Å². The summed E-state index contributed by atoms with van der Waals surface area (Å²) in [7, 11) is 1.98. The van der Waals surface area contributed by atoms with E-state index in [1.165, 1.54) is 0 Å². The van der Waals surface area contributed by atoms with Crippen molar-refractivity contribution in [3.8, 4) is 0 Å². The van der Waals surface area contributed by atoms with Crippen LogP contribution in [0.1, 0.15) is 12.5 Å². The summed E-state index contributed by atoms with van der Waals surface area (Å²) in [6.45, 7) is 10.4. The van der Waals surface area contributed by atoms with Crippen LogP contribution in [0.25, 0.3) is 5.76 Å². The Labute approximate surface area is 110 Å². The first kappa shape index (κ1) is 12.0. The lowest BCUT2D eigenvalue weighted by atomic mass is 10.1. The standard InChI is InChI=1S/C13H15BrN2O/c1-5-17-8(2)10-6-12-13(7-11(10)14)16(4)9(3)15-12/h6-7,15H,2-3,5H2,1,4H3. The Morgan fingerprint density at radius 2 is 2.24 bits per heavy atom. The van der Waals surface area contributed by atoms with E-state index in [-0.39, 0.29) is 0 Å². The molecule has 0 atom stereocenters. The summed E-state index contributed by atoms with van der Waals surface area (Å²) in [4.78, 5) is 2.01. The van der Waals surface area contributed by atoms with Crippen molar-refractivity contribution in [3.63, 3.8) is 0 Å². The van der Waals surface area contributed by atoms with Crippen molar-refractivity contribution in [2.24, 2.45) is 0 Å². The minimum absolute atomic E-state index is 0.613. The highest BCUT2D eigenvalue weighted by molar-refractivity contribution is 9.10. The fourth-order valence-electron chi connectivity index (χ4n) is 1.79. The number of ether oxygens (including phenoxy) is 1. The quantitative estimate of drug-likeness (QED) is 0.859. The van der Waals surface area contributed by atoms with Gasteiger partial charge in [-0.2, -0.15) is 0 Å². The lowest BCUT2D eigenvalue weighted by Gasteiger charge is -2.13. The van der Waals surface area contributed by atoms with Crippen molar-refractivity contribution < 1.29 is 4.74 Å². The summed E-state index contributed by atoms with van der Waals surface area (Å²) in [6, 6.07) is 4.06. The number of halogens is 1. The Morgan fingerprint density at radius 1 is 1.53 bits per heavy atom. The van der Waals surface area contributed by atoms with E-state index in [2.05, 4.69) is 34.4 Å². The first-order chi connectivity index (χ1) is 8.04. The van der Waals surface area contributed by atoms with E-state index < -0.39 is 0 Å². The van der Waals surface area contributed by atoms with Crippen molar-refractivity contribution >= 4 is 33.1 Å². The fraction of sp³-hybridized carbons (Fsp3) is 0.231. The molecule has 0 fully saturated rings. The molecule has 2 rings (SSSR count). The van der Waals surface area contributed by atoms with Gasteiger partial charge in [-0.3, -0.25) is 0 Å². The number of anilines is 2. The van der Waals surface area contributed by atoms with E-state index in [0.717, 1.165) is 27.2 Å². The molecule has 0 bridgehead atoms. The van der Waals surface area contributed by atoms with Crippen LogP contribution < -0.4 is 10.2 Å². The van der Waals surface area contributed by atoms with Crippen LogP contribution >= 0.6 is 15.9 Å².